The van der Waals surface area contributed by atoms with E-state index in [-0.39, 0.29) is 30.9 Å². The van der Waals surface area contributed by atoms with Gasteiger partial charge in [-0.3, -0.25) is 9.59 Å². The van der Waals surface area contributed by atoms with E-state index < -0.39 is 0 Å². The van der Waals surface area contributed by atoms with E-state index in [2.05, 4.69) is 36.5 Å². The quantitative estimate of drug-likeness (QED) is 0.692. The van der Waals surface area contributed by atoms with Crippen LogP contribution in [0.2, 0.25) is 0 Å². The van der Waals surface area contributed by atoms with Crippen LogP contribution >= 0.6 is 0 Å². The zero-order valence-electron chi connectivity index (χ0n) is 17.9. The van der Waals surface area contributed by atoms with Crippen molar-refractivity contribution in [3.63, 3.8) is 0 Å². The number of rotatable bonds is 7. The average molecular weight is 425 g/mol. The molecule has 2 heterocycles. The Morgan fingerprint density at radius 1 is 1.13 bits per heavy atom. The van der Waals surface area contributed by atoms with Gasteiger partial charge >= 0.3 is 0 Å². The Morgan fingerprint density at radius 3 is 2.65 bits per heavy atom. The second-order valence-electron chi connectivity index (χ2n) is 8.15. The molecule has 4 rings (SSSR count). The van der Waals surface area contributed by atoms with E-state index in [1.165, 1.54) is 10.5 Å². The molecule has 0 bridgehead atoms. The molecule has 2 aromatic carbocycles. The first-order valence-corrected chi connectivity index (χ1v) is 10.9. The molecule has 0 unspecified atom stereocenters. The van der Waals surface area contributed by atoms with Crippen molar-refractivity contribution in [1.82, 2.24) is 5.32 Å². The Hall–Kier alpha value is -2.90. The van der Waals surface area contributed by atoms with Gasteiger partial charge in [-0.15, -0.1) is 0 Å². The molecule has 164 valence electrons. The number of para-hydroxylation sites is 2. The van der Waals surface area contributed by atoms with Crippen LogP contribution in [-0.2, 0) is 14.3 Å². The van der Waals surface area contributed by atoms with E-state index in [1.54, 1.807) is 4.90 Å². The summed E-state index contributed by atoms with van der Waals surface area (Å²) < 4.78 is 11.0. The van der Waals surface area contributed by atoms with Crippen LogP contribution in [0.25, 0.3) is 0 Å². The number of amides is 2. The summed E-state index contributed by atoms with van der Waals surface area (Å²) in [6, 6.07) is 15.7. The lowest BCUT2D eigenvalue weighted by Crippen LogP contribution is -3.14. The zero-order chi connectivity index (χ0) is 21.6. The molecular formula is C24H30N3O4+. The fourth-order valence-electron chi connectivity index (χ4n) is 4.08. The average Bonchev–Trinajstić information content (AvgIpc) is 2.79. The van der Waals surface area contributed by atoms with Crippen LogP contribution in [0.4, 0.5) is 5.69 Å². The smallest absolute Gasteiger partial charge is 0.265 e. The second-order valence-corrected chi connectivity index (χ2v) is 8.15. The van der Waals surface area contributed by atoms with E-state index in [0.29, 0.717) is 12.3 Å². The largest absolute Gasteiger partial charge is 0.482 e. The number of fused-ring (bicyclic) bond motifs is 1. The Bertz CT molecular complexity index is 909. The Labute approximate surface area is 182 Å². The molecule has 2 aromatic rings. The molecule has 2 amide bonds. The number of quaternary nitrogens is 1. The number of anilines is 1. The fourth-order valence-corrected chi connectivity index (χ4v) is 4.08. The maximum absolute atomic E-state index is 12.9. The molecule has 1 fully saturated rings. The lowest BCUT2D eigenvalue weighted by atomic mass is 10.0. The standard InChI is InChI=1S/C24H29N3O4/c1-18-6-8-19(9-7-18)20(16-26-12-14-30-15-13-26)25-23(28)10-11-27-21-4-2-3-5-22(21)31-17-24(27)29/h2-9,20H,10-17H2,1H3,(H,25,28)/p+1/t20-/m1/s1. The van der Waals surface area contributed by atoms with Crippen LogP contribution in [0.3, 0.4) is 0 Å². The van der Waals surface area contributed by atoms with Crippen LogP contribution in [-0.4, -0.2) is 57.8 Å². The van der Waals surface area contributed by atoms with Gasteiger partial charge in [0.25, 0.3) is 5.91 Å². The van der Waals surface area contributed by atoms with Crippen molar-refractivity contribution >= 4 is 17.5 Å². The minimum atomic E-state index is -0.126. The topological polar surface area (TPSA) is 72.3 Å². The highest BCUT2D eigenvalue weighted by Crippen LogP contribution is 2.31. The van der Waals surface area contributed by atoms with E-state index in [4.69, 9.17) is 9.47 Å². The molecule has 1 atom stereocenters. The van der Waals surface area contributed by atoms with Crippen molar-refractivity contribution in [2.45, 2.75) is 19.4 Å². The first kappa shape index (κ1) is 21.3. The summed E-state index contributed by atoms with van der Waals surface area (Å²) in [5.74, 6) is 0.491. The summed E-state index contributed by atoms with van der Waals surface area (Å²) in [5, 5.41) is 3.21. The van der Waals surface area contributed by atoms with Crippen molar-refractivity contribution in [3.8, 4) is 5.75 Å². The predicted octanol–water partition coefficient (Wildman–Crippen LogP) is 0.883. The number of nitrogens with one attached hydrogen (secondary N) is 2. The molecule has 2 N–H and O–H groups in total. The molecule has 0 aromatic heterocycles. The molecule has 7 nitrogen and oxygen atoms in total. The second kappa shape index (κ2) is 9.94. The van der Waals surface area contributed by atoms with E-state index in [9.17, 15) is 9.59 Å². The number of hydrogen-bond acceptors (Lipinski definition) is 4. The van der Waals surface area contributed by atoms with Gasteiger partial charge < -0.3 is 24.6 Å². The molecule has 0 spiro atoms. The summed E-state index contributed by atoms with van der Waals surface area (Å²) in [4.78, 5) is 28.3. The summed E-state index contributed by atoms with van der Waals surface area (Å²) in [5.41, 5.74) is 3.02. The van der Waals surface area contributed by atoms with Gasteiger partial charge in [0.1, 0.15) is 31.4 Å². The minimum absolute atomic E-state index is 0.00498. The third-order valence-corrected chi connectivity index (χ3v) is 5.88. The lowest BCUT2D eigenvalue weighted by Gasteiger charge is -2.30. The number of carbonyl (C=O) groups is 2. The SMILES string of the molecule is Cc1ccc([C@@H](C[NH+]2CCOCC2)NC(=O)CCN2C(=O)COc3ccccc32)cc1. The van der Waals surface area contributed by atoms with E-state index in [1.807, 2.05) is 24.3 Å². The van der Waals surface area contributed by atoms with Gasteiger partial charge in [-0.1, -0.05) is 42.0 Å². The zero-order valence-corrected chi connectivity index (χ0v) is 17.9. The van der Waals surface area contributed by atoms with Crippen LogP contribution < -0.4 is 19.9 Å². The Kier molecular flexibility index (Phi) is 6.84. The van der Waals surface area contributed by atoms with Gasteiger partial charge in [0.2, 0.25) is 5.91 Å². The van der Waals surface area contributed by atoms with Gasteiger partial charge in [0.15, 0.2) is 6.61 Å². The maximum atomic E-state index is 12.9. The minimum Gasteiger partial charge on any atom is -0.482 e. The molecular weight excluding hydrogens is 394 g/mol. The number of ether oxygens (including phenoxy) is 2. The highest BCUT2D eigenvalue weighted by Gasteiger charge is 2.27. The normalized spacial score (nSPS) is 17.6. The van der Waals surface area contributed by atoms with E-state index in [0.717, 1.165) is 44.1 Å². The van der Waals surface area contributed by atoms with Crippen LogP contribution in [0.1, 0.15) is 23.6 Å². The fraction of sp³-hybridized carbons (Fsp3) is 0.417. The van der Waals surface area contributed by atoms with Crippen LogP contribution in [0.15, 0.2) is 48.5 Å². The number of benzene rings is 2. The van der Waals surface area contributed by atoms with Gasteiger partial charge in [0, 0.05) is 13.0 Å². The highest BCUT2D eigenvalue weighted by molar-refractivity contribution is 5.98. The molecule has 7 heteroatoms. The van der Waals surface area contributed by atoms with Crippen molar-refractivity contribution in [1.29, 1.82) is 0 Å². The molecule has 2 aliphatic rings. The first-order valence-electron chi connectivity index (χ1n) is 10.9. The summed E-state index contributed by atoms with van der Waals surface area (Å²) in [6.45, 7) is 6.60. The third-order valence-electron chi connectivity index (χ3n) is 5.88. The molecule has 2 aliphatic heterocycles. The summed E-state index contributed by atoms with van der Waals surface area (Å²) in [7, 11) is 0. The number of hydrogen-bond donors (Lipinski definition) is 2. The number of carbonyl (C=O) groups excluding carboxylic acids is 2. The first-order chi connectivity index (χ1) is 15.1. The number of morpholine rings is 1. The van der Waals surface area contributed by atoms with Crippen molar-refractivity contribution in [2.75, 3.05) is 50.9 Å². The van der Waals surface area contributed by atoms with Gasteiger partial charge in [-0.05, 0) is 24.6 Å². The molecule has 0 saturated carbocycles. The van der Waals surface area contributed by atoms with Crippen molar-refractivity contribution < 1.29 is 24.0 Å². The molecule has 0 radical (unpaired) electrons. The van der Waals surface area contributed by atoms with Crippen molar-refractivity contribution in [2.24, 2.45) is 0 Å². The highest BCUT2D eigenvalue weighted by atomic mass is 16.5. The van der Waals surface area contributed by atoms with E-state index >= 15 is 0 Å². The monoisotopic (exact) mass is 424 g/mol. The summed E-state index contributed by atoms with van der Waals surface area (Å²) in [6.07, 6.45) is 0.237. The van der Waals surface area contributed by atoms with Gasteiger partial charge in [-0.2, -0.15) is 0 Å². The van der Waals surface area contributed by atoms with Gasteiger partial charge in [-0.25, -0.2) is 0 Å². The van der Waals surface area contributed by atoms with Crippen LogP contribution in [0, 0.1) is 6.92 Å². The lowest BCUT2D eigenvalue weighted by molar-refractivity contribution is -0.909. The molecule has 1 saturated heterocycles. The molecule has 0 aliphatic carbocycles. The Balaban J connectivity index is 1.41. The maximum Gasteiger partial charge on any atom is 0.265 e. The number of nitrogens with zero attached hydrogens (tertiary/aromatic N) is 1. The summed E-state index contributed by atoms with van der Waals surface area (Å²) >= 11 is 0. The van der Waals surface area contributed by atoms with Gasteiger partial charge in [0.05, 0.1) is 18.9 Å². The molecule has 31 heavy (non-hydrogen) atoms. The third kappa shape index (κ3) is 5.42. The number of aryl methyl sites for hydroxylation is 1. The Morgan fingerprint density at radius 2 is 1.87 bits per heavy atom. The van der Waals surface area contributed by atoms with Crippen LogP contribution in [0.5, 0.6) is 5.75 Å². The van der Waals surface area contributed by atoms with Crippen molar-refractivity contribution in [3.05, 3.63) is 59.7 Å². The predicted molar refractivity (Wildman–Crippen MR) is 117 cm³/mol.